The summed E-state index contributed by atoms with van der Waals surface area (Å²) in [5.74, 6) is -2.53. The maximum absolute atomic E-state index is 12.6. The van der Waals surface area contributed by atoms with Gasteiger partial charge in [-0.05, 0) is 30.2 Å². The summed E-state index contributed by atoms with van der Waals surface area (Å²) in [6.07, 6.45) is -4.53. The molecule has 0 bridgehead atoms. The third kappa shape index (κ3) is 4.58. The topological polar surface area (TPSA) is 72.2 Å². The lowest BCUT2D eigenvalue weighted by Crippen LogP contribution is -2.25. The van der Waals surface area contributed by atoms with Crippen LogP contribution in [0.3, 0.4) is 0 Å². The fraction of sp³-hybridized carbons (Fsp3) is 0.176. The summed E-state index contributed by atoms with van der Waals surface area (Å²) in [6.45, 7) is 0. The second kappa shape index (κ2) is 7.16. The highest BCUT2D eigenvalue weighted by molar-refractivity contribution is 6.08. The molecule has 0 fully saturated rings. The summed E-state index contributed by atoms with van der Waals surface area (Å²) in [6, 6.07) is 12.4. The Labute approximate surface area is 136 Å². The normalized spacial score (nSPS) is 11.1. The van der Waals surface area contributed by atoms with Crippen molar-refractivity contribution >= 4 is 23.1 Å². The number of hydrogen-bond donors (Lipinski definition) is 2. The summed E-state index contributed by atoms with van der Waals surface area (Å²) in [5, 5.41) is 2.33. The Kier molecular flexibility index (Phi) is 5.23. The van der Waals surface area contributed by atoms with E-state index in [0.717, 1.165) is 17.7 Å². The van der Waals surface area contributed by atoms with Gasteiger partial charge in [0.1, 0.15) is 0 Å². The molecule has 4 nitrogen and oxygen atoms in total. The number of nitrogens with one attached hydrogen (secondary N) is 1. The molecular weight excluding hydrogens is 321 g/mol. The minimum absolute atomic E-state index is 0.0679. The van der Waals surface area contributed by atoms with Crippen molar-refractivity contribution in [3.8, 4) is 0 Å². The number of aryl methyl sites for hydroxylation is 1. The average Bonchev–Trinajstić information content (AvgIpc) is 2.53. The molecule has 0 heterocycles. The zero-order valence-corrected chi connectivity index (χ0v) is 12.6. The van der Waals surface area contributed by atoms with Gasteiger partial charge in [0.2, 0.25) is 5.91 Å². The van der Waals surface area contributed by atoms with Gasteiger partial charge in [-0.25, -0.2) is 0 Å². The Morgan fingerprint density at radius 2 is 1.71 bits per heavy atom. The molecule has 24 heavy (non-hydrogen) atoms. The second-order valence-corrected chi connectivity index (χ2v) is 5.17. The van der Waals surface area contributed by atoms with Gasteiger partial charge in [-0.15, -0.1) is 0 Å². The molecule has 0 radical (unpaired) electrons. The van der Waals surface area contributed by atoms with Crippen molar-refractivity contribution in [2.75, 3.05) is 11.1 Å². The third-order valence-electron chi connectivity index (χ3n) is 3.30. The van der Waals surface area contributed by atoms with Crippen molar-refractivity contribution < 1.29 is 22.8 Å². The minimum atomic E-state index is -5.03. The Morgan fingerprint density at radius 1 is 1.04 bits per heavy atom. The number of Topliss-reactive ketones (excluding diaryl/α,β-unsaturated/α-hetero) is 1. The Hall–Kier alpha value is -2.83. The summed E-state index contributed by atoms with van der Waals surface area (Å²) >= 11 is 0. The number of hydrogen-bond acceptors (Lipinski definition) is 3. The first-order valence-electron chi connectivity index (χ1n) is 7.12. The number of benzene rings is 2. The van der Waals surface area contributed by atoms with Gasteiger partial charge in [0.05, 0.1) is 11.3 Å². The molecule has 0 unspecified atom stereocenters. The molecule has 0 atom stereocenters. The summed E-state index contributed by atoms with van der Waals surface area (Å²) in [5.41, 5.74) is 5.73. The number of nitrogens with two attached hydrogens (primary N) is 1. The first-order chi connectivity index (χ1) is 11.3. The molecule has 0 aliphatic heterocycles. The van der Waals surface area contributed by atoms with E-state index in [1.165, 1.54) is 6.07 Å². The van der Waals surface area contributed by atoms with Gasteiger partial charge in [-0.1, -0.05) is 30.3 Å². The highest BCUT2D eigenvalue weighted by atomic mass is 19.4. The molecule has 0 aliphatic carbocycles. The highest BCUT2D eigenvalue weighted by Gasteiger charge is 2.40. The monoisotopic (exact) mass is 336 g/mol. The number of amides is 1. The summed E-state index contributed by atoms with van der Waals surface area (Å²) in [7, 11) is 0. The quantitative estimate of drug-likeness (QED) is 0.647. The summed E-state index contributed by atoms with van der Waals surface area (Å²) < 4.78 is 37.9. The van der Waals surface area contributed by atoms with E-state index in [4.69, 9.17) is 5.73 Å². The van der Waals surface area contributed by atoms with Crippen molar-refractivity contribution in [1.29, 1.82) is 0 Å². The Morgan fingerprint density at radius 3 is 2.33 bits per heavy atom. The molecule has 0 saturated carbocycles. The molecular formula is C17H15F3N2O2. The molecule has 0 spiro atoms. The third-order valence-corrected chi connectivity index (χ3v) is 3.30. The van der Waals surface area contributed by atoms with Crippen LogP contribution in [0.5, 0.6) is 0 Å². The van der Waals surface area contributed by atoms with Gasteiger partial charge in [-0.3, -0.25) is 9.59 Å². The van der Waals surface area contributed by atoms with E-state index in [1.807, 2.05) is 30.3 Å². The van der Waals surface area contributed by atoms with Crippen molar-refractivity contribution in [2.24, 2.45) is 0 Å². The fourth-order valence-electron chi connectivity index (χ4n) is 2.13. The van der Waals surface area contributed by atoms with E-state index >= 15 is 0 Å². The van der Waals surface area contributed by atoms with Crippen LogP contribution >= 0.6 is 0 Å². The lowest BCUT2D eigenvalue weighted by Gasteiger charge is -2.13. The number of carbonyl (C=O) groups is 2. The Bertz CT molecular complexity index is 743. The van der Waals surface area contributed by atoms with Crippen LogP contribution in [-0.2, 0) is 11.2 Å². The van der Waals surface area contributed by atoms with E-state index in [2.05, 4.69) is 5.32 Å². The van der Waals surface area contributed by atoms with Crippen LogP contribution in [0.4, 0.5) is 24.5 Å². The van der Waals surface area contributed by atoms with Gasteiger partial charge < -0.3 is 11.1 Å². The maximum Gasteiger partial charge on any atom is 0.454 e. The van der Waals surface area contributed by atoms with E-state index in [9.17, 15) is 22.8 Å². The number of alkyl halides is 3. The van der Waals surface area contributed by atoms with Gasteiger partial charge in [0, 0.05) is 12.1 Å². The van der Waals surface area contributed by atoms with Crippen LogP contribution in [0.2, 0.25) is 0 Å². The van der Waals surface area contributed by atoms with Crippen molar-refractivity contribution in [3.63, 3.8) is 0 Å². The van der Waals surface area contributed by atoms with E-state index in [0.29, 0.717) is 6.42 Å². The average molecular weight is 336 g/mol. The summed E-state index contributed by atoms with van der Waals surface area (Å²) in [4.78, 5) is 23.4. The minimum Gasteiger partial charge on any atom is -0.399 e. The predicted molar refractivity (Wildman–Crippen MR) is 84.6 cm³/mol. The zero-order valence-electron chi connectivity index (χ0n) is 12.6. The number of rotatable bonds is 5. The van der Waals surface area contributed by atoms with Gasteiger partial charge in [0.25, 0.3) is 5.78 Å². The molecule has 0 saturated heterocycles. The zero-order chi connectivity index (χ0) is 17.7. The SMILES string of the molecule is Nc1ccc(C(=O)C(F)(F)F)c(NC(=O)CCc2ccccc2)c1. The van der Waals surface area contributed by atoms with Crippen molar-refractivity contribution in [3.05, 3.63) is 59.7 Å². The molecule has 1 amide bonds. The van der Waals surface area contributed by atoms with Gasteiger partial charge >= 0.3 is 6.18 Å². The molecule has 3 N–H and O–H groups in total. The van der Waals surface area contributed by atoms with E-state index < -0.39 is 23.4 Å². The smallest absolute Gasteiger partial charge is 0.399 e. The standard InChI is InChI=1S/C17H15F3N2O2/c18-17(19,20)16(24)13-8-7-12(21)10-14(13)22-15(23)9-6-11-4-2-1-3-5-11/h1-5,7-8,10H,6,9,21H2,(H,22,23). The Balaban J connectivity index is 2.12. The molecule has 7 heteroatoms. The largest absolute Gasteiger partial charge is 0.454 e. The van der Waals surface area contributed by atoms with Crippen LogP contribution in [0.15, 0.2) is 48.5 Å². The molecule has 126 valence electrons. The van der Waals surface area contributed by atoms with Crippen LogP contribution in [0.25, 0.3) is 0 Å². The lowest BCUT2D eigenvalue weighted by molar-refractivity contribution is -0.116. The van der Waals surface area contributed by atoms with Crippen molar-refractivity contribution in [1.82, 2.24) is 0 Å². The fourth-order valence-corrected chi connectivity index (χ4v) is 2.13. The van der Waals surface area contributed by atoms with Crippen LogP contribution in [0, 0.1) is 0 Å². The predicted octanol–water partition coefficient (Wildman–Crippen LogP) is 3.59. The molecule has 2 aromatic carbocycles. The number of anilines is 2. The van der Waals surface area contributed by atoms with Gasteiger partial charge in [0.15, 0.2) is 0 Å². The maximum atomic E-state index is 12.6. The molecule has 2 rings (SSSR count). The highest BCUT2D eigenvalue weighted by Crippen LogP contribution is 2.28. The van der Waals surface area contributed by atoms with Crippen molar-refractivity contribution in [2.45, 2.75) is 19.0 Å². The van der Waals surface area contributed by atoms with E-state index in [1.54, 1.807) is 0 Å². The van der Waals surface area contributed by atoms with Crippen LogP contribution < -0.4 is 11.1 Å². The molecule has 2 aromatic rings. The molecule has 0 aromatic heterocycles. The molecule has 0 aliphatic rings. The van der Waals surface area contributed by atoms with Crippen LogP contribution in [-0.4, -0.2) is 17.9 Å². The number of halogens is 3. The van der Waals surface area contributed by atoms with Gasteiger partial charge in [-0.2, -0.15) is 13.2 Å². The number of ketones is 1. The first kappa shape index (κ1) is 17.5. The van der Waals surface area contributed by atoms with E-state index in [-0.39, 0.29) is 17.8 Å². The van der Waals surface area contributed by atoms with Crippen LogP contribution in [0.1, 0.15) is 22.3 Å². The second-order valence-electron chi connectivity index (χ2n) is 5.17. The number of nitrogen functional groups attached to an aromatic ring is 1. The number of carbonyl (C=O) groups excluding carboxylic acids is 2. The lowest BCUT2D eigenvalue weighted by atomic mass is 10.1. The first-order valence-corrected chi connectivity index (χ1v) is 7.12.